The molecule has 0 unspecified atom stereocenters. The smallest absolute Gasteiger partial charge is 0.340 e. The summed E-state index contributed by atoms with van der Waals surface area (Å²) in [5, 5.41) is 19.4. The van der Waals surface area contributed by atoms with Crippen LogP contribution in [0, 0.1) is 6.92 Å². The molecule has 1 aliphatic rings. The van der Waals surface area contributed by atoms with Crippen molar-refractivity contribution >= 4 is 51.4 Å². The van der Waals surface area contributed by atoms with E-state index in [0.717, 1.165) is 11.4 Å². The number of carboxylic acids is 1. The number of aliphatic imine (C=N–C) groups is 1. The number of amides is 1. The number of aromatic carboxylic acids is 1. The van der Waals surface area contributed by atoms with Crippen LogP contribution in [0.1, 0.15) is 34.3 Å². The molecule has 1 aliphatic heterocycles. The molecule has 1 aromatic carbocycles. The maximum Gasteiger partial charge on any atom is 0.340 e. The van der Waals surface area contributed by atoms with Crippen molar-refractivity contribution in [3.05, 3.63) is 33.2 Å². The van der Waals surface area contributed by atoms with E-state index in [1.165, 1.54) is 43.4 Å². The summed E-state index contributed by atoms with van der Waals surface area (Å²) in [6.45, 7) is 4.27. The van der Waals surface area contributed by atoms with Crippen LogP contribution in [0.25, 0.3) is 6.08 Å². The minimum Gasteiger partial charge on any atom is -0.493 e. The maximum absolute atomic E-state index is 13.0. The molecular formula is C19H20N4O5S2. The minimum atomic E-state index is -1.18. The van der Waals surface area contributed by atoms with E-state index in [2.05, 4.69) is 15.2 Å². The van der Waals surface area contributed by atoms with E-state index in [1.54, 1.807) is 17.0 Å². The number of carboxylic acid groups (broad SMARTS) is 1. The molecule has 1 N–H and O–H groups in total. The van der Waals surface area contributed by atoms with Crippen LogP contribution in [0.5, 0.6) is 11.5 Å². The SMILES string of the molecule is CCCN1C(=O)/C(=C\c2ccc(OC)c(OC)c2C(=O)O)S/C1=N/c1nnc(C)s1. The molecule has 9 nitrogen and oxygen atoms in total. The van der Waals surface area contributed by atoms with Crippen LogP contribution in [-0.4, -0.2) is 58.0 Å². The fourth-order valence-corrected chi connectivity index (χ4v) is 4.46. The summed E-state index contributed by atoms with van der Waals surface area (Å²) in [6, 6.07) is 3.18. The number of methoxy groups -OCH3 is 2. The van der Waals surface area contributed by atoms with Gasteiger partial charge in [-0.3, -0.25) is 9.69 Å². The normalized spacial score (nSPS) is 16.5. The monoisotopic (exact) mass is 448 g/mol. The first-order valence-electron chi connectivity index (χ1n) is 8.98. The van der Waals surface area contributed by atoms with Crippen molar-refractivity contribution in [2.24, 2.45) is 4.99 Å². The van der Waals surface area contributed by atoms with Crippen molar-refractivity contribution in [3.63, 3.8) is 0 Å². The Kier molecular flexibility index (Phi) is 6.73. The van der Waals surface area contributed by atoms with Gasteiger partial charge in [0.1, 0.15) is 10.6 Å². The van der Waals surface area contributed by atoms with E-state index >= 15 is 0 Å². The zero-order valence-electron chi connectivity index (χ0n) is 16.8. The quantitative estimate of drug-likeness (QED) is 0.639. The average Bonchev–Trinajstić information content (AvgIpc) is 3.25. The van der Waals surface area contributed by atoms with Gasteiger partial charge in [-0.15, -0.1) is 10.2 Å². The van der Waals surface area contributed by atoms with E-state index in [4.69, 9.17) is 9.47 Å². The second-order valence-corrected chi connectivity index (χ2v) is 8.31. The van der Waals surface area contributed by atoms with Gasteiger partial charge in [0.05, 0.1) is 19.1 Å². The van der Waals surface area contributed by atoms with Crippen molar-refractivity contribution in [1.82, 2.24) is 15.1 Å². The number of rotatable bonds is 7. The largest absolute Gasteiger partial charge is 0.493 e. The molecule has 0 aliphatic carbocycles. The third kappa shape index (κ3) is 4.31. The van der Waals surface area contributed by atoms with Crippen molar-refractivity contribution in [2.45, 2.75) is 20.3 Å². The molecule has 1 aromatic heterocycles. The standard InChI is InChI=1S/C19H20N4O5S2/c1-5-8-23-16(24)13(30-19(23)20-18-22-21-10(2)29-18)9-11-6-7-12(27-3)15(28-4)14(11)17(25)26/h6-7,9H,5,8H2,1-4H3,(H,25,26)/b13-9+,20-19+. The molecule has 2 heterocycles. The highest BCUT2D eigenvalue weighted by Gasteiger charge is 2.34. The highest BCUT2D eigenvalue weighted by molar-refractivity contribution is 8.18. The first-order valence-corrected chi connectivity index (χ1v) is 10.6. The van der Waals surface area contributed by atoms with Crippen molar-refractivity contribution in [3.8, 4) is 11.5 Å². The van der Waals surface area contributed by atoms with E-state index in [0.29, 0.717) is 33.1 Å². The molecule has 0 saturated carbocycles. The number of benzene rings is 1. The van der Waals surface area contributed by atoms with Gasteiger partial charge in [0, 0.05) is 6.54 Å². The summed E-state index contributed by atoms with van der Waals surface area (Å²) in [5.74, 6) is -1.04. The lowest BCUT2D eigenvalue weighted by atomic mass is 10.0. The summed E-state index contributed by atoms with van der Waals surface area (Å²) in [5.41, 5.74) is 0.255. The van der Waals surface area contributed by atoms with Crippen LogP contribution in [0.15, 0.2) is 22.0 Å². The average molecular weight is 449 g/mol. The number of amidine groups is 1. The Balaban J connectivity index is 2.06. The Morgan fingerprint density at radius 1 is 1.30 bits per heavy atom. The Morgan fingerprint density at radius 2 is 2.07 bits per heavy atom. The van der Waals surface area contributed by atoms with Crippen molar-refractivity contribution < 1.29 is 24.2 Å². The van der Waals surface area contributed by atoms with Crippen LogP contribution in [0.2, 0.25) is 0 Å². The van der Waals surface area contributed by atoms with Gasteiger partial charge in [0.2, 0.25) is 5.13 Å². The Hall–Kier alpha value is -2.92. The second kappa shape index (κ2) is 9.26. The van der Waals surface area contributed by atoms with Gasteiger partial charge < -0.3 is 14.6 Å². The van der Waals surface area contributed by atoms with Crippen molar-refractivity contribution in [1.29, 1.82) is 0 Å². The Bertz CT molecular complexity index is 1050. The molecule has 2 aromatic rings. The third-order valence-electron chi connectivity index (χ3n) is 4.12. The number of carbonyl (C=O) groups excluding carboxylic acids is 1. The lowest BCUT2D eigenvalue weighted by molar-refractivity contribution is -0.122. The number of carbonyl (C=O) groups is 2. The van der Waals surface area contributed by atoms with Crippen LogP contribution >= 0.6 is 23.1 Å². The highest BCUT2D eigenvalue weighted by Crippen LogP contribution is 2.38. The second-order valence-electron chi connectivity index (χ2n) is 6.14. The number of hydrogen-bond acceptors (Lipinski definition) is 9. The van der Waals surface area contributed by atoms with Gasteiger partial charge >= 0.3 is 5.97 Å². The number of nitrogens with zero attached hydrogens (tertiary/aromatic N) is 4. The van der Waals surface area contributed by atoms with Gasteiger partial charge in [0.25, 0.3) is 5.91 Å². The number of ether oxygens (including phenoxy) is 2. The van der Waals surface area contributed by atoms with Gasteiger partial charge in [-0.2, -0.15) is 4.99 Å². The molecule has 1 amide bonds. The van der Waals surface area contributed by atoms with E-state index in [1.807, 2.05) is 13.8 Å². The van der Waals surface area contributed by atoms with Gasteiger partial charge in [-0.05, 0) is 42.8 Å². The molecule has 0 spiro atoms. The third-order valence-corrected chi connectivity index (χ3v) is 5.86. The van der Waals surface area contributed by atoms with Gasteiger partial charge in [0.15, 0.2) is 16.7 Å². The first-order chi connectivity index (χ1) is 14.4. The Morgan fingerprint density at radius 3 is 2.63 bits per heavy atom. The molecule has 3 rings (SSSR count). The fraction of sp³-hybridized carbons (Fsp3) is 0.316. The van der Waals surface area contributed by atoms with Crippen LogP contribution in [0.3, 0.4) is 0 Å². The first kappa shape index (κ1) is 21.8. The number of hydrogen-bond donors (Lipinski definition) is 1. The number of aromatic nitrogens is 2. The molecule has 0 bridgehead atoms. The molecule has 0 atom stereocenters. The highest BCUT2D eigenvalue weighted by atomic mass is 32.2. The van der Waals surface area contributed by atoms with E-state index in [9.17, 15) is 14.7 Å². The van der Waals surface area contributed by atoms with Crippen molar-refractivity contribution in [2.75, 3.05) is 20.8 Å². The van der Waals surface area contributed by atoms with Crippen LogP contribution in [-0.2, 0) is 4.79 Å². The topological polar surface area (TPSA) is 114 Å². The molecule has 0 radical (unpaired) electrons. The predicted molar refractivity (Wildman–Crippen MR) is 116 cm³/mol. The summed E-state index contributed by atoms with van der Waals surface area (Å²) >= 11 is 2.50. The van der Waals surface area contributed by atoms with Gasteiger partial charge in [-0.25, -0.2) is 4.79 Å². The molecule has 158 valence electrons. The lowest BCUT2D eigenvalue weighted by Crippen LogP contribution is -2.29. The van der Waals surface area contributed by atoms with Gasteiger partial charge in [-0.1, -0.05) is 24.3 Å². The van der Waals surface area contributed by atoms with E-state index in [-0.39, 0.29) is 17.2 Å². The molecule has 11 heteroatoms. The maximum atomic E-state index is 13.0. The molecule has 1 fully saturated rings. The zero-order chi connectivity index (χ0) is 21.8. The summed E-state index contributed by atoms with van der Waals surface area (Å²) in [7, 11) is 2.80. The van der Waals surface area contributed by atoms with Crippen LogP contribution < -0.4 is 9.47 Å². The molecule has 30 heavy (non-hydrogen) atoms. The predicted octanol–water partition coefficient (Wildman–Crippen LogP) is 3.58. The lowest BCUT2D eigenvalue weighted by Gasteiger charge is -2.13. The summed E-state index contributed by atoms with van der Waals surface area (Å²) in [4.78, 5) is 31.3. The minimum absolute atomic E-state index is 0.0788. The fourth-order valence-electron chi connectivity index (χ4n) is 2.85. The summed E-state index contributed by atoms with van der Waals surface area (Å²) in [6.07, 6.45) is 2.28. The molecule has 1 saturated heterocycles. The number of aryl methyl sites for hydroxylation is 1. The molecular weight excluding hydrogens is 428 g/mol. The Labute approximate surface area is 181 Å². The number of thioether (sulfide) groups is 1. The summed E-state index contributed by atoms with van der Waals surface area (Å²) < 4.78 is 10.4. The zero-order valence-corrected chi connectivity index (χ0v) is 18.5. The van der Waals surface area contributed by atoms with Crippen LogP contribution in [0.4, 0.5) is 5.13 Å². The van der Waals surface area contributed by atoms with E-state index < -0.39 is 5.97 Å².